The molecule has 0 unspecified atom stereocenters. The van der Waals surface area contributed by atoms with Crippen LogP contribution in [-0.4, -0.2) is 15.0 Å². The Bertz CT molecular complexity index is 857. The van der Waals surface area contributed by atoms with Crippen LogP contribution in [0.4, 0.5) is 4.39 Å². The van der Waals surface area contributed by atoms with E-state index in [-0.39, 0.29) is 33.5 Å². The summed E-state index contributed by atoms with van der Waals surface area (Å²) in [6, 6.07) is 15.5. The minimum absolute atomic E-state index is 0. The van der Waals surface area contributed by atoms with Crippen LogP contribution in [0.1, 0.15) is 87.8 Å². The highest BCUT2D eigenvalue weighted by molar-refractivity contribution is 5.14. The number of rotatable bonds is 5. The minimum atomic E-state index is -0.193. The van der Waals surface area contributed by atoms with Crippen LogP contribution in [0.2, 0.25) is 0 Å². The second kappa shape index (κ2) is 19.7. The number of nitrogens with zero attached hydrogens (tertiary/aromatic N) is 3. The van der Waals surface area contributed by atoms with Gasteiger partial charge in [-0.3, -0.25) is 4.98 Å². The van der Waals surface area contributed by atoms with Crippen molar-refractivity contribution in [3.8, 4) is 0 Å². The normalized spacial score (nSPS) is 9.89. The van der Waals surface area contributed by atoms with Gasteiger partial charge in [-0.1, -0.05) is 101 Å². The lowest BCUT2D eigenvalue weighted by Crippen LogP contribution is -2.11. The number of aromatic nitrogens is 3. The molecule has 0 aliphatic heterocycles. The van der Waals surface area contributed by atoms with Gasteiger partial charge in [-0.25, -0.2) is 14.4 Å². The Morgan fingerprint density at radius 2 is 1.20 bits per heavy atom. The van der Waals surface area contributed by atoms with Gasteiger partial charge in [0.2, 0.25) is 0 Å². The van der Waals surface area contributed by atoms with Gasteiger partial charge in [-0.2, -0.15) is 0 Å². The molecule has 0 aliphatic carbocycles. The first-order valence-corrected chi connectivity index (χ1v) is 11.5. The summed E-state index contributed by atoms with van der Waals surface area (Å²) in [6.07, 6.45) is 8.05. The number of pyridine rings is 1. The molecular formula is C31H52FN3. The van der Waals surface area contributed by atoms with Gasteiger partial charge in [0.05, 0.1) is 5.69 Å². The van der Waals surface area contributed by atoms with Crippen molar-refractivity contribution in [3.05, 3.63) is 90.0 Å². The van der Waals surface area contributed by atoms with Gasteiger partial charge in [0.15, 0.2) is 0 Å². The third-order valence-electron chi connectivity index (χ3n) is 4.23. The molecule has 2 aromatic heterocycles. The molecule has 0 saturated heterocycles. The third-order valence-corrected chi connectivity index (χ3v) is 4.23. The minimum Gasteiger partial charge on any atom is -0.258 e. The second-order valence-electron chi connectivity index (χ2n) is 10.0. The van der Waals surface area contributed by atoms with Crippen molar-refractivity contribution in [3.63, 3.8) is 0 Å². The first-order valence-electron chi connectivity index (χ1n) is 11.5. The highest BCUT2D eigenvalue weighted by Gasteiger charge is 2.12. The van der Waals surface area contributed by atoms with Crippen LogP contribution in [0.5, 0.6) is 0 Å². The van der Waals surface area contributed by atoms with Crippen molar-refractivity contribution in [2.75, 3.05) is 0 Å². The molecule has 2 heterocycles. The van der Waals surface area contributed by atoms with Crippen molar-refractivity contribution < 1.29 is 4.39 Å². The van der Waals surface area contributed by atoms with Crippen molar-refractivity contribution in [1.82, 2.24) is 15.0 Å². The van der Waals surface area contributed by atoms with Gasteiger partial charge in [-0.05, 0) is 53.9 Å². The maximum absolute atomic E-state index is 12.9. The van der Waals surface area contributed by atoms with Crippen LogP contribution in [0.15, 0.2) is 67.1 Å². The number of halogens is 1. The molecule has 35 heavy (non-hydrogen) atoms. The molecule has 0 N–H and O–H groups in total. The summed E-state index contributed by atoms with van der Waals surface area (Å²) < 4.78 is 12.9. The Hall–Kier alpha value is -2.62. The summed E-state index contributed by atoms with van der Waals surface area (Å²) in [5.74, 6) is 1.96. The van der Waals surface area contributed by atoms with E-state index in [4.69, 9.17) is 0 Å². The Morgan fingerprint density at radius 3 is 1.66 bits per heavy atom. The van der Waals surface area contributed by atoms with Crippen molar-refractivity contribution in [2.24, 2.45) is 17.3 Å². The van der Waals surface area contributed by atoms with Gasteiger partial charge in [0.25, 0.3) is 0 Å². The van der Waals surface area contributed by atoms with Gasteiger partial charge in [0.1, 0.15) is 11.6 Å². The zero-order valence-corrected chi connectivity index (χ0v) is 20.8. The Morgan fingerprint density at radius 1 is 0.686 bits per heavy atom. The molecular weight excluding hydrogens is 433 g/mol. The molecule has 0 spiro atoms. The molecule has 0 bridgehead atoms. The molecule has 4 heteroatoms. The Kier molecular flexibility index (Phi) is 20.8. The molecule has 0 amide bonds. The largest absolute Gasteiger partial charge is 0.258 e. The zero-order valence-electron chi connectivity index (χ0n) is 20.8. The van der Waals surface area contributed by atoms with E-state index in [9.17, 15) is 4.39 Å². The van der Waals surface area contributed by atoms with E-state index in [2.05, 4.69) is 79.9 Å². The lowest BCUT2D eigenvalue weighted by atomic mass is 9.92. The first-order chi connectivity index (χ1) is 15.1. The van der Waals surface area contributed by atoms with Crippen LogP contribution >= 0.6 is 0 Å². The second-order valence-corrected chi connectivity index (χ2v) is 10.0. The molecule has 3 nitrogen and oxygen atoms in total. The van der Waals surface area contributed by atoms with Crippen LogP contribution in [0.25, 0.3) is 0 Å². The molecule has 0 aliphatic rings. The van der Waals surface area contributed by atoms with E-state index in [1.54, 1.807) is 24.7 Å². The van der Waals surface area contributed by atoms with Gasteiger partial charge >= 0.3 is 0 Å². The van der Waals surface area contributed by atoms with Crippen LogP contribution < -0.4 is 0 Å². The van der Waals surface area contributed by atoms with Gasteiger partial charge < -0.3 is 0 Å². The summed E-state index contributed by atoms with van der Waals surface area (Å²) >= 11 is 0. The number of benzene rings is 1. The monoisotopic (exact) mass is 485 g/mol. The maximum Gasteiger partial charge on any atom is 0.144 e. The van der Waals surface area contributed by atoms with E-state index in [1.807, 2.05) is 19.9 Å². The average molecular weight is 486 g/mol. The summed E-state index contributed by atoms with van der Waals surface area (Å²) in [6.45, 7) is 15.1. The SMILES string of the molecule is C.C.C.CC(C)(C)Cc1ncccn1.CC(C)Cc1ccccc1.CC(C)Cc1ncccc1F. The van der Waals surface area contributed by atoms with Gasteiger partial charge in [0, 0.05) is 25.0 Å². The quantitative estimate of drug-likeness (QED) is 0.361. The fourth-order valence-corrected chi connectivity index (χ4v) is 2.94. The fourth-order valence-electron chi connectivity index (χ4n) is 2.94. The standard InChI is InChI=1S/C10H14.C9H12FN.C9H14N2.3CH4/c1-9(2)8-10-6-4-3-5-7-10;1-7(2)6-9-8(10)4-3-5-11-9;1-9(2,3)7-8-10-5-4-6-11-8;;;/h3-7,9H,8H2,1-2H3;3-5,7H,6H2,1-2H3;4-6H,7H2,1-3H3;3*1H4. The highest BCUT2D eigenvalue weighted by Crippen LogP contribution is 2.17. The lowest BCUT2D eigenvalue weighted by molar-refractivity contribution is 0.400. The number of hydrogen-bond donors (Lipinski definition) is 0. The molecule has 0 atom stereocenters. The lowest BCUT2D eigenvalue weighted by Gasteiger charge is -2.15. The van der Waals surface area contributed by atoms with Crippen LogP contribution in [0, 0.1) is 23.1 Å². The Balaban J connectivity index is -0.000000421. The first kappa shape index (κ1) is 36.9. The summed E-state index contributed by atoms with van der Waals surface area (Å²) in [4.78, 5) is 12.2. The maximum atomic E-state index is 12.9. The molecule has 0 fully saturated rings. The predicted octanol–water partition coefficient (Wildman–Crippen LogP) is 9.28. The Labute approximate surface area is 216 Å². The fraction of sp³-hybridized carbons (Fsp3) is 0.516. The van der Waals surface area contributed by atoms with Crippen molar-refractivity contribution in [2.45, 2.75) is 90.0 Å². The molecule has 198 valence electrons. The summed E-state index contributed by atoms with van der Waals surface area (Å²) in [5, 5.41) is 0. The van der Waals surface area contributed by atoms with E-state index < -0.39 is 0 Å². The molecule has 0 radical (unpaired) electrons. The topological polar surface area (TPSA) is 38.7 Å². The van der Waals surface area contributed by atoms with Gasteiger partial charge in [-0.15, -0.1) is 0 Å². The third kappa shape index (κ3) is 19.4. The van der Waals surface area contributed by atoms with E-state index in [0.717, 1.165) is 18.2 Å². The smallest absolute Gasteiger partial charge is 0.144 e. The van der Waals surface area contributed by atoms with Crippen LogP contribution in [0.3, 0.4) is 0 Å². The average Bonchev–Trinajstić information content (AvgIpc) is 2.70. The number of hydrogen-bond acceptors (Lipinski definition) is 3. The van der Waals surface area contributed by atoms with E-state index >= 15 is 0 Å². The van der Waals surface area contributed by atoms with Crippen molar-refractivity contribution >= 4 is 0 Å². The zero-order chi connectivity index (χ0) is 24.0. The molecule has 3 aromatic rings. The van der Waals surface area contributed by atoms with E-state index in [1.165, 1.54) is 18.1 Å². The predicted molar refractivity (Wildman–Crippen MR) is 153 cm³/mol. The molecule has 1 aromatic carbocycles. The molecule has 0 saturated carbocycles. The highest BCUT2D eigenvalue weighted by atomic mass is 19.1. The summed E-state index contributed by atoms with van der Waals surface area (Å²) in [7, 11) is 0. The van der Waals surface area contributed by atoms with Crippen molar-refractivity contribution in [1.29, 1.82) is 0 Å². The van der Waals surface area contributed by atoms with E-state index in [0.29, 0.717) is 18.0 Å². The summed E-state index contributed by atoms with van der Waals surface area (Å²) in [5.41, 5.74) is 2.29. The van der Waals surface area contributed by atoms with Crippen LogP contribution in [-0.2, 0) is 19.3 Å². The molecule has 3 rings (SSSR count).